The number of methoxy groups -OCH3 is 1. The largest absolute Gasteiger partial charge is 0.497 e. The van der Waals surface area contributed by atoms with Crippen LogP contribution in [0.25, 0.3) is 0 Å². The lowest BCUT2D eigenvalue weighted by Crippen LogP contribution is -2.53. The lowest BCUT2D eigenvalue weighted by atomic mass is 9.94. The number of ether oxygens (including phenoxy) is 1. The number of sulfonamides is 1. The highest BCUT2D eigenvalue weighted by molar-refractivity contribution is 7.92. The van der Waals surface area contributed by atoms with Gasteiger partial charge in [-0.1, -0.05) is 79.9 Å². The molecule has 8 nitrogen and oxygen atoms in total. The average Bonchev–Trinajstić information content (AvgIpc) is 3.02. The maximum atomic E-state index is 14.1. The number of amides is 2. The molecule has 44 heavy (non-hydrogen) atoms. The number of carbonyl (C=O) groups excluding carboxylic acids is 2. The van der Waals surface area contributed by atoms with Crippen molar-refractivity contribution < 1.29 is 22.7 Å². The first-order valence-corrected chi connectivity index (χ1v) is 17.3. The molecule has 1 fully saturated rings. The molecule has 0 unspecified atom stereocenters. The summed E-state index contributed by atoms with van der Waals surface area (Å²) in [4.78, 5) is 29.8. The summed E-state index contributed by atoms with van der Waals surface area (Å²) in [6, 6.07) is 23.9. The monoisotopic (exact) mass is 619 g/mol. The molecular formula is C35H45N3O5S. The molecule has 0 spiro atoms. The predicted molar refractivity (Wildman–Crippen MR) is 175 cm³/mol. The Balaban J connectivity index is 1.59. The van der Waals surface area contributed by atoms with Gasteiger partial charge < -0.3 is 15.0 Å². The van der Waals surface area contributed by atoms with Crippen LogP contribution < -0.4 is 14.4 Å². The third kappa shape index (κ3) is 9.32. The fourth-order valence-electron chi connectivity index (χ4n) is 5.84. The van der Waals surface area contributed by atoms with Gasteiger partial charge in [0.05, 0.1) is 19.1 Å². The molecule has 4 rings (SSSR count). The lowest BCUT2D eigenvalue weighted by Gasteiger charge is -2.34. The van der Waals surface area contributed by atoms with Gasteiger partial charge in [0, 0.05) is 38.0 Å². The van der Waals surface area contributed by atoms with Gasteiger partial charge in [-0.05, 0) is 55.0 Å². The second kappa shape index (κ2) is 15.7. The first kappa shape index (κ1) is 33.1. The van der Waals surface area contributed by atoms with Crippen molar-refractivity contribution in [1.82, 2.24) is 10.2 Å². The molecule has 1 saturated carbocycles. The number of anilines is 1. The fraction of sp³-hybridized carbons (Fsp3) is 0.429. The molecular weight excluding hydrogens is 574 g/mol. The van der Waals surface area contributed by atoms with Crippen LogP contribution in [0.4, 0.5) is 5.69 Å². The molecule has 1 atom stereocenters. The van der Waals surface area contributed by atoms with Crippen LogP contribution in [0.15, 0.2) is 78.9 Å². The minimum atomic E-state index is -3.61. The number of hydrogen-bond donors (Lipinski definition) is 1. The van der Waals surface area contributed by atoms with Crippen molar-refractivity contribution >= 4 is 27.5 Å². The molecule has 1 aliphatic carbocycles. The zero-order chi connectivity index (χ0) is 31.5. The van der Waals surface area contributed by atoms with Crippen LogP contribution >= 0.6 is 0 Å². The fourth-order valence-corrected chi connectivity index (χ4v) is 6.80. The van der Waals surface area contributed by atoms with E-state index in [0.717, 1.165) is 48.6 Å². The van der Waals surface area contributed by atoms with Gasteiger partial charge in [-0.3, -0.25) is 13.9 Å². The molecule has 9 heteroatoms. The number of hydrogen-bond acceptors (Lipinski definition) is 5. The van der Waals surface area contributed by atoms with E-state index in [1.807, 2.05) is 61.5 Å². The molecule has 0 saturated heterocycles. The Labute approximate surface area is 262 Å². The van der Waals surface area contributed by atoms with Crippen molar-refractivity contribution in [1.29, 1.82) is 0 Å². The molecule has 236 valence electrons. The smallest absolute Gasteiger partial charge is 0.243 e. The highest BCUT2D eigenvalue weighted by Crippen LogP contribution is 2.25. The third-order valence-corrected chi connectivity index (χ3v) is 9.51. The van der Waals surface area contributed by atoms with Crippen molar-refractivity contribution in [3.8, 4) is 5.75 Å². The summed E-state index contributed by atoms with van der Waals surface area (Å²) in [5, 5.41) is 3.27. The predicted octanol–water partition coefficient (Wildman–Crippen LogP) is 5.64. The number of carbonyl (C=O) groups is 2. The molecule has 0 heterocycles. The standard InChI is InChI=1S/C35H45N3O5S/c1-27-14-10-11-17-29(27)26-37(33(24-28-15-6-4-7-16-28)35(40)36-30-18-8-5-9-19-30)34(39)22-13-23-38(44(3,41)42)31-20-12-21-32(25-31)43-2/h4,6-7,10-12,14-17,20-21,25,30,33H,5,8-9,13,18-19,22-24,26H2,1-3H3,(H,36,40)/t33-/m0/s1. The molecule has 1 aliphatic rings. The molecule has 3 aromatic carbocycles. The Morgan fingerprint density at radius 1 is 0.955 bits per heavy atom. The van der Waals surface area contributed by atoms with E-state index >= 15 is 0 Å². The van der Waals surface area contributed by atoms with Crippen molar-refractivity contribution in [3.63, 3.8) is 0 Å². The summed E-state index contributed by atoms with van der Waals surface area (Å²) in [6.07, 6.45) is 7.16. The van der Waals surface area contributed by atoms with Crippen molar-refractivity contribution in [2.75, 3.05) is 24.2 Å². The van der Waals surface area contributed by atoms with E-state index in [1.165, 1.54) is 17.8 Å². The summed E-state index contributed by atoms with van der Waals surface area (Å²) in [7, 11) is -2.08. The molecule has 0 radical (unpaired) electrons. The van der Waals surface area contributed by atoms with E-state index in [9.17, 15) is 18.0 Å². The van der Waals surface area contributed by atoms with Gasteiger partial charge in [0.1, 0.15) is 11.8 Å². The maximum absolute atomic E-state index is 14.1. The Morgan fingerprint density at radius 2 is 1.66 bits per heavy atom. The van der Waals surface area contributed by atoms with Crippen LogP contribution in [0.1, 0.15) is 61.6 Å². The molecule has 2 amide bonds. The molecule has 1 N–H and O–H groups in total. The van der Waals surface area contributed by atoms with Crippen LogP contribution in [0.3, 0.4) is 0 Å². The zero-order valence-electron chi connectivity index (χ0n) is 26.1. The van der Waals surface area contributed by atoms with Crippen molar-refractivity contribution in [3.05, 3.63) is 95.6 Å². The van der Waals surface area contributed by atoms with Gasteiger partial charge in [-0.15, -0.1) is 0 Å². The zero-order valence-corrected chi connectivity index (χ0v) is 26.9. The number of benzene rings is 3. The minimum absolute atomic E-state index is 0.0872. The van der Waals surface area contributed by atoms with E-state index < -0.39 is 16.1 Å². The van der Waals surface area contributed by atoms with Crippen LogP contribution in [-0.4, -0.2) is 57.1 Å². The average molecular weight is 620 g/mol. The number of rotatable bonds is 14. The van der Waals surface area contributed by atoms with Gasteiger partial charge in [-0.25, -0.2) is 8.42 Å². The van der Waals surface area contributed by atoms with Gasteiger partial charge in [-0.2, -0.15) is 0 Å². The SMILES string of the molecule is COc1cccc(N(CCCC(=O)N(Cc2ccccc2C)[C@@H](Cc2ccccc2)C(=O)NC2CCCCC2)S(C)(=O)=O)c1. The van der Waals surface area contributed by atoms with E-state index in [0.29, 0.717) is 17.9 Å². The number of nitrogens with one attached hydrogen (secondary N) is 1. The second-order valence-electron chi connectivity index (χ2n) is 11.6. The Bertz CT molecular complexity index is 1490. The van der Waals surface area contributed by atoms with E-state index in [4.69, 9.17) is 4.74 Å². The summed E-state index contributed by atoms with van der Waals surface area (Å²) in [6.45, 7) is 2.41. The highest BCUT2D eigenvalue weighted by atomic mass is 32.2. The van der Waals surface area contributed by atoms with Crippen LogP contribution in [0.2, 0.25) is 0 Å². The van der Waals surface area contributed by atoms with Crippen molar-refractivity contribution in [2.24, 2.45) is 0 Å². The normalized spacial score (nSPS) is 14.4. The van der Waals surface area contributed by atoms with E-state index in [-0.39, 0.29) is 43.8 Å². The van der Waals surface area contributed by atoms with Gasteiger partial charge in [0.15, 0.2) is 0 Å². The van der Waals surface area contributed by atoms with Crippen molar-refractivity contribution in [2.45, 2.75) is 76.9 Å². The molecule has 0 aromatic heterocycles. The summed E-state index contributed by atoms with van der Waals surface area (Å²) >= 11 is 0. The van der Waals surface area contributed by atoms with Crippen LogP contribution in [0.5, 0.6) is 5.75 Å². The highest BCUT2D eigenvalue weighted by Gasteiger charge is 2.32. The van der Waals surface area contributed by atoms with E-state index in [1.54, 1.807) is 29.2 Å². The quantitative estimate of drug-likeness (QED) is 0.252. The summed E-state index contributed by atoms with van der Waals surface area (Å²) in [5.74, 6) is 0.216. The van der Waals surface area contributed by atoms with Crippen LogP contribution in [-0.2, 0) is 32.6 Å². The van der Waals surface area contributed by atoms with Crippen LogP contribution in [0, 0.1) is 6.92 Å². The van der Waals surface area contributed by atoms with Gasteiger partial charge >= 0.3 is 0 Å². The Morgan fingerprint density at radius 3 is 2.34 bits per heavy atom. The molecule has 0 aliphatic heterocycles. The topological polar surface area (TPSA) is 96.0 Å². The second-order valence-corrected chi connectivity index (χ2v) is 13.5. The van der Waals surface area contributed by atoms with E-state index in [2.05, 4.69) is 5.32 Å². The van der Waals surface area contributed by atoms with Gasteiger partial charge in [0.2, 0.25) is 21.8 Å². The molecule has 3 aromatic rings. The summed E-state index contributed by atoms with van der Waals surface area (Å²) < 4.78 is 32.1. The first-order chi connectivity index (χ1) is 21.2. The number of aryl methyl sites for hydroxylation is 1. The Hall–Kier alpha value is -3.85. The third-order valence-electron chi connectivity index (χ3n) is 8.32. The lowest BCUT2D eigenvalue weighted by molar-refractivity contribution is -0.141. The number of nitrogens with zero attached hydrogens (tertiary/aromatic N) is 2. The molecule has 0 bridgehead atoms. The maximum Gasteiger partial charge on any atom is 0.243 e. The van der Waals surface area contributed by atoms with Gasteiger partial charge in [0.25, 0.3) is 0 Å². The Kier molecular flexibility index (Phi) is 11.8. The minimum Gasteiger partial charge on any atom is -0.497 e. The first-order valence-electron chi connectivity index (χ1n) is 15.5. The summed E-state index contributed by atoms with van der Waals surface area (Å²) in [5.41, 5.74) is 3.46.